The molecule has 0 aliphatic heterocycles. The smallest absolute Gasteiger partial charge is 0.408 e. The van der Waals surface area contributed by atoms with Crippen LogP contribution in [0.5, 0.6) is 0 Å². The third kappa shape index (κ3) is 7.51. The Bertz CT molecular complexity index is 1250. The van der Waals surface area contributed by atoms with E-state index in [1.54, 1.807) is 46.2 Å². The molecule has 2 aromatic heterocycles. The quantitative estimate of drug-likeness (QED) is 0.289. The number of halogens is 4. The van der Waals surface area contributed by atoms with Crippen molar-refractivity contribution in [3.05, 3.63) is 41.9 Å². The van der Waals surface area contributed by atoms with Gasteiger partial charge in [0.25, 0.3) is 0 Å². The van der Waals surface area contributed by atoms with Crippen LogP contribution in [0.15, 0.2) is 30.6 Å². The Morgan fingerprint density at radius 1 is 1.15 bits per heavy atom. The second-order valence-electron chi connectivity index (χ2n) is 12.3. The van der Waals surface area contributed by atoms with Gasteiger partial charge in [-0.2, -0.15) is 5.10 Å². The molecule has 0 bridgehead atoms. The lowest BCUT2D eigenvalue weighted by Gasteiger charge is -2.34. The van der Waals surface area contributed by atoms with Gasteiger partial charge in [0.15, 0.2) is 5.65 Å². The van der Waals surface area contributed by atoms with Crippen LogP contribution >= 0.6 is 0 Å². The molecule has 220 valence electrons. The number of rotatable bonds is 8. The monoisotopic (exact) mass is 567 g/mol. The Morgan fingerprint density at radius 2 is 1.80 bits per heavy atom. The fourth-order valence-corrected chi connectivity index (χ4v) is 5.38. The molecular weight excluding hydrogens is 530 g/mol. The first-order valence-corrected chi connectivity index (χ1v) is 13.6. The number of alkyl carbamates (subject to hydrolysis) is 1. The highest BCUT2D eigenvalue weighted by atomic mass is 19.3. The number of carbonyl (C=O) groups is 2. The SMILES string of the molecule is C=C(C)[C@H](NC(=O)CC1CC(F)(F)C1)c1cnn2cc([C@@H](NC(=O)OC(C)(C)C)C3CCC(F)(F)CC3)nc2c1. The minimum atomic E-state index is -2.73. The number of nitrogens with one attached hydrogen (secondary N) is 2. The summed E-state index contributed by atoms with van der Waals surface area (Å²) >= 11 is 0. The van der Waals surface area contributed by atoms with Crippen molar-refractivity contribution in [1.29, 1.82) is 0 Å². The lowest BCUT2D eigenvalue weighted by atomic mass is 9.79. The fourth-order valence-electron chi connectivity index (χ4n) is 5.38. The van der Waals surface area contributed by atoms with Crippen LogP contribution < -0.4 is 10.6 Å². The standard InChI is InChI=1S/C28H37F4N5O3/c1-16(2)23(35-22(38)10-17-12-28(31,32)13-17)19-11-21-34-20(15-37(21)33-14-19)24(36-25(39)40-26(3,4)5)18-6-8-27(29,30)9-7-18/h11,14-15,17-18,23-24H,1,6-10,12-13H2,2-5H3,(H,35,38)(H,36,39)/t23-,24-/m0/s1. The number of amides is 2. The number of aromatic nitrogens is 3. The number of hydrogen-bond donors (Lipinski definition) is 2. The first-order valence-electron chi connectivity index (χ1n) is 13.6. The van der Waals surface area contributed by atoms with Crippen LogP contribution in [-0.4, -0.2) is 44.0 Å². The number of nitrogens with zero attached hydrogens (tertiary/aromatic N) is 3. The number of alkyl halides is 4. The number of imidazole rings is 1. The lowest BCUT2D eigenvalue weighted by Crippen LogP contribution is -2.40. The van der Waals surface area contributed by atoms with Crippen molar-refractivity contribution in [3.8, 4) is 0 Å². The van der Waals surface area contributed by atoms with Crippen molar-refractivity contribution in [2.24, 2.45) is 11.8 Å². The molecule has 12 heteroatoms. The molecule has 0 spiro atoms. The number of hydrogen-bond acceptors (Lipinski definition) is 5. The second kappa shape index (κ2) is 11.0. The molecule has 2 amide bonds. The van der Waals surface area contributed by atoms with E-state index in [-0.39, 0.29) is 62.7 Å². The zero-order chi connectivity index (χ0) is 29.5. The maximum absolute atomic E-state index is 13.9. The Morgan fingerprint density at radius 3 is 2.38 bits per heavy atom. The molecule has 2 heterocycles. The first-order chi connectivity index (χ1) is 18.5. The molecular formula is C28H37F4N5O3. The summed E-state index contributed by atoms with van der Waals surface area (Å²) in [6, 6.07) is 0.433. The highest BCUT2D eigenvalue weighted by Gasteiger charge is 2.46. The maximum Gasteiger partial charge on any atom is 0.408 e. The summed E-state index contributed by atoms with van der Waals surface area (Å²) in [5, 5.41) is 10.1. The van der Waals surface area contributed by atoms with E-state index < -0.39 is 35.6 Å². The highest BCUT2D eigenvalue weighted by molar-refractivity contribution is 5.77. The average molecular weight is 568 g/mol. The van der Waals surface area contributed by atoms with Gasteiger partial charge >= 0.3 is 6.09 Å². The van der Waals surface area contributed by atoms with Gasteiger partial charge < -0.3 is 15.4 Å². The average Bonchev–Trinajstić information content (AvgIpc) is 3.22. The lowest BCUT2D eigenvalue weighted by molar-refractivity contribution is -0.134. The molecule has 4 rings (SSSR count). The van der Waals surface area contributed by atoms with Crippen LogP contribution in [0.1, 0.15) is 96.0 Å². The molecule has 2 aromatic rings. The van der Waals surface area contributed by atoms with E-state index in [1.807, 2.05) is 0 Å². The number of fused-ring (bicyclic) bond motifs is 1. The summed E-state index contributed by atoms with van der Waals surface area (Å²) in [6.45, 7) is 10.9. The van der Waals surface area contributed by atoms with Crippen molar-refractivity contribution in [1.82, 2.24) is 25.2 Å². The minimum absolute atomic E-state index is 0.00101. The van der Waals surface area contributed by atoms with Crippen molar-refractivity contribution >= 4 is 17.6 Å². The van der Waals surface area contributed by atoms with Gasteiger partial charge in [0.05, 0.1) is 30.2 Å². The summed E-state index contributed by atoms with van der Waals surface area (Å²) in [5.41, 5.74) is 1.35. The van der Waals surface area contributed by atoms with Crippen molar-refractivity contribution < 1.29 is 31.9 Å². The number of ether oxygens (including phenoxy) is 1. The first kappa shape index (κ1) is 29.8. The van der Waals surface area contributed by atoms with E-state index in [0.717, 1.165) is 0 Å². The zero-order valence-corrected chi connectivity index (χ0v) is 23.3. The van der Waals surface area contributed by atoms with E-state index >= 15 is 0 Å². The topological polar surface area (TPSA) is 97.6 Å². The molecule has 2 aliphatic rings. The van der Waals surface area contributed by atoms with Crippen molar-refractivity contribution in [2.45, 2.75) is 102 Å². The predicted octanol–water partition coefficient (Wildman–Crippen LogP) is 6.29. The summed E-state index contributed by atoms with van der Waals surface area (Å²) in [6.07, 6.45) is 1.78. The van der Waals surface area contributed by atoms with E-state index in [4.69, 9.17) is 4.74 Å². The summed E-state index contributed by atoms with van der Waals surface area (Å²) in [5.74, 6) is -6.42. The molecule has 8 nitrogen and oxygen atoms in total. The van der Waals surface area contributed by atoms with Crippen LogP contribution in [0.4, 0.5) is 22.4 Å². The van der Waals surface area contributed by atoms with E-state index in [1.165, 1.54) is 4.52 Å². The molecule has 0 aromatic carbocycles. The van der Waals surface area contributed by atoms with Gasteiger partial charge in [-0.25, -0.2) is 31.9 Å². The normalized spacial score (nSPS) is 20.8. The van der Waals surface area contributed by atoms with Crippen LogP contribution in [-0.2, 0) is 9.53 Å². The maximum atomic E-state index is 13.9. The van der Waals surface area contributed by atoms with Gasteiger partial charge in [-0.15, -0.1) is 0 Å². The third-order valence-corrected chi connectivity index (χ3v) is 7.36. The fraction of sp³-hybridized carbons (Fsp3) is 0.643. The summed E-state index contributed by atoms with van der Waals surface area (Å²) in [7, 11) is 0. The van der Waals surface area contributed by atoms with E-state index in [2.05, 4.69) is 27.3 Å². The highest BCUT2D eigenvalue weighted by Crippen LogP contribution is 2.44. The van der Waals surface area contributed by atoms with Crippen molar-refractivity contribution in [3.63, 3.8) is 0 Å². The van der Waals surface area contributed by atoms with E-state index in [0.29, 0.717) is 22.5 Å². The second-order valence-corrected chi connectivity index (χ2v) is 12.3. The van der Waals surface area contributed by atoms with Crippen LogP contribution in [0.25, 0.3) is 5.65 Å². The number of carbonyl (C=O) groups excluding carboxylic acids is 2. The molecule has 2 N–H and O–H groups in total. The Kier molecular flexibility index (Phi) is 8.20. The molecule has 0 unspecified atom stereocenters. The molecule has 2 aliphatic carbocycles. The molecule has 2 atom stereocenters. The van der Waals surface area contributed by atoms with Crippen molar-refractivity contribution in [2.75, 3.05) is 0 Å². The van der Waals surface area contributed by atoms with Gasteiger partial charge in [-0.05, 0) is 58.4 Å². The predicted molar refractivity (Wildman–Crippen MR) is 140 cm³/mol. The molecule has 40 heavy (non-hydrogen) atoms. The van der Waals surface area contributed by atoms with E-state index in [9.17, 15) is 27.2 Å². The zero-order valence-electron chi connectivity index (χ0n) is 23.3. The molecule has 2 saturated carbocycles. The van der Waals surface area contributed by atoms with Gasteiger partial charge in [-0.3, -0.25) is 4.79 Å². The minimum Gasteiger partial charge on any atom is -0.444 e. The molecule has 2 fully saturated rings. The van der Waals surface area contributed by atoms with Gasteiger partial charge in [0, 0.05) is 37.7 Å². The van der Waals surface area contributed by atoms with Gasteiger partial charge in [0.1, 0.15) is 5.60 Å². The van der Waals surface area contributed by atoms with Crippen LogP contribution in [0.3, 0.4) is 0 Å². The Labute approximate surface area is 230 Å². The third-order valence-electron chi connectivity index (χ3n) is 7.36. The Hall–Kier alpha value is -3.18. The largest absolute Gasteiger partial charge is 0.444 e. The van der Waals surface area contributed by atoms with Crippen LogP contribution in [0.2, 0.25) is 0 Å². The summed E-state index contributed by atoms with van der Waals surface area (Å²) in [4.78, 5) is 29.9. The van der Waals surface area contributed by atoms with Crippen LogP contribution in [0, 0.1) is 11.8 Å². The molecule has 0 saturated heterocycles. The van der Waals surface area contributed by atoms with Gasteiger partial charge in [-0.1, -0.05) is 12.2 Å². The molecule has 0 radical (unpaired) electrons. The summed E-state index contributed by atoms with van der Waals surface area (Å²) < 4.78 is 61.0. The van der Waals surface area contributed by atoms with Gasteiger partial charge in [0.2, 0.25) is 17.8 Å². The Balaban J connectivity index is 1.55.